The Bertz CT molecular complexity index is 833. The number of nitrogens with one attached hydrogen (secondary N) is 2. The van der Waals surface area contributed by atoms with Gasteiger partial charge >= 0.3 is 0 Å². The highest BCUT2D eigenvalue weighted by Gasteiger charge is 2.06. The van der Waals surface area contributed by atoms with E-state index in [-0.39, 0.29) is 11.7 Å². The van der Waals surface area contributed by atoms with Crippen LogP contribution in [0.25, 0.3) is 0 Å². The molecule has 0 atom stereocenters. The van der Waals surface area contributed by atoms with Gasteiger partial charge in [0.1, 0.15) is 11.6 Å². The highest BCUT2D eigenvalue weighted by Crippen LogP contribution is 2.09. The number of benzene rings is 2. The maximum Gasteiger partial charge on any atom is 0.252 e. The Morgan fingerprint density at radius 3 is 2.38 bits per heavy atom. The minimum Gasteiger partial charge on any atom is -0.366 e. The van der Waals surface area contributed by atoms with E-state index >= 15 is 0 Å². The van der Waals surface area contributed by atoms with Crippen molar-refractivity contribution in [2.45, 2.75) is 13.0 Å². The summed E-state index contributed by atoms with van der Waals surface area (Å²) in [4.78, 5) is 16.4. The van der Waals surface area contributed by atoms with Gasteiger partial charge in [-0.1, -0.05) is 42.5 Å². The van der Waals surface area contributed by atoms with Crippen LogP contribution in [0.3, 0.4) is 0 Å². The molecular formula is C21H20FN3O. The molecule has 0 fully saturated rings. The largest absolute Gasteiger partial charge is 0.366 e. The molecule has 26 heavy (non-hydrogen) atoms. The first kappa shape index (κ1) is 17.6. The van der Waals surface area contributed by atoms with Gasteiger partial charge in [-0.2, -0.15) is 0 Å². The fourth-order valence-corrected chi connectivity index (χ4v) is 2.49. The van der Waals surface area contributed by atoms with Crippen molar-refractivity contribution in [2.75, 3.05) is 11.9 Å². The molecule has 0 aliphatic heterocycles. The minimum absolute atomic E-state index is 0.140. The van der Waals surface area contributed by atoms with Crippen molar-refractivity contribution in [3.8, 4) is 0 Å². The van der Waals surface area contributed by atoms with Crippen LogP contribution in [-0.4, -0.2) is 17.4 Å². The Labute approximate surface area is 152 Å². The number of carbonyl (C=O) groups is 1. The molecule has 1 amide bonds. The molecular weight excluding hydrogens is 329 g/mol. The molecule has 0 bridgehead atoms. The maximum absolute atomic E-state index is 12.9. The van der Waals surface area contributed by atoms with Gasteiger partial charge < -0.3 is 10.6 Å². The van der Waals surface area contributed by atoms with Crippen LogP contribution < -0.4 is 10.6 Å². The normalized spacial score (nSPS) is 10.3. The zero-order valence-electron chi connectivity index (χ0n) is 14.3. The molecule has 1 aromatic heterocycles. The third kappa shape index (κ3) is 5.14. The average molecular weight is 349 g/mol. The molecule has 5 heteroatoms. The van der Waals surface area contributed by atoms with Gasteiger partial charge in [-0.3, -0.25) is 4.79 Å². The summed E-state index contributed by atoms with van der Waals surface area (Å²) >= 11 is 0. The SMILES string of the molecule is O=C(NCCc1ccccc1)c1ccc(NCc2ccc(F)cc2)nc1. The molecule has 0 unspecified atom stereocenters. The highest BCUT2D eigenvalue weighted by atomic mass is 19.1. The molecule has 1 heterocycles. The fraction of sp³-hybridized carbons (Fsp3) is 0.143. The Hall–Kier alpha value is -3.21. The maximum atomic E-state index is 12.9. The lowest BCUT2D eigenvalue weighted by Gasteiger charge is -2.08. The number of pyridine rings is 1. The van der Waals surface area contributed by atoms with E-state index in [1.54, 1.807) is 30.5 Å². The quantitative estimate of drug-likeness (QED) is 0.682. The standard InChI is InChI=1S/C21H20FN3O/c22-19-9-6-17(7-10-19)14-24-20-11-8-18(15-25-20)21(26)23-13-12-16-4-2-1-3-5-16/h1-11,15H,12-14H2,(H,23,26)(H,24,25). The second kappa shape index (κ2) is 8.76. The molecule has 4 nitrogen and oxygen atoms in total. The number of halogens is 1. The number of hydrogen-bond donors (Lipinski definition) is 2. The summed E-state index contributed by atoms with van der Waals surface area (Å²) in [6.07, 6.45) is 2.34. The summed E-state index contributed by atoms with van der Waals surface area (Å²) in [5, 5.41) is 6.04. The first-order valence-electron chi connectivity index (χ1n) is 8.47. The number of hydrogen-bond acceptors (Lipinski definition) is 3. The predicted molar refractivity (Wildman–Crippen MR) is 100 cm³/mol. The van der Waals surface area contributed by atoms with Gasteiger partial charge in [0.05, 0.1) is 5.56 Å². The van der Waals surface area contributed by atoms with Crippen molar-refractivity contribution in [1.82, 2.24) is 10.3 Å². The second-order valence-corrected chi connectivity index (χ2v) is 5.90. The summed E-state index contributed by atoms with van der Waals surface area (Å²) in [6.45, 7) is 1.11. The second-order valence-electron chi connectivity index (χ2n) is 5.90. The van der Waals surface area contributed by atoms with Gasteiger partial charge in [-0.25, -0.2) is 9.37 Å². The number of carbonyl (C=O) groups excluding carboxylic acids is 1. The van der Waals surface area contributed by atoms with Crippen LogP contribution in [0.4, 0.5) is 10.2 Å². The van der Waals surface area contributed by atoms with Crippen molar-refractivity contribution in [1.29, 1.82) is 0 Å². The van der Waals surface area contributed by atoms with E-state index in [0.29, 0.717) is 24.5 Å². The molecule has 2 N–H and O–H groups in total. The van der Waals surface area contributed by atoms with E-state index in [1.807, 2.05) is 30.3 Å². The van der Waals surface area contributed by atoms with Crippen molar-refractivity contribution >= 4 is 11.7 Å². The highest BCUT2D eigenvalue weighted by molar-refractivity contribution is 5.94. The van der Waals surface area contributed by atoms with Crippen LogP contribution in [0.2, 0.25) is 0 Å². The van der Waals surface area contributed by atoms with Gasteiger partial charge in [0.2, 0.25) is 0 Å². The number of amides is 1. The lowest BCUT2D eigenvalue weighted by molar-refractivity contribution is 0.0954. The van der Waals surface area contributed by atoms with E-state index < -0.39 is 0 Å². The zero-order chi connectivity index (χ0) is 18.2. The number of rotatable bonds is 7. The van der Waals surface area contributed by atoms with Crippen molar-refractivity contribution in [3.63, 3.8) is 0 Å². The lowest BCUT2D eigenvalue weighted by atomic mass is 10.1. The first-order valence-corrected chi connectivity index (χ1v) is 8.47. The van der Waals surface area contributed by atoms with Crippen LogP contribution in [0, 0.1) is 5.82 Å². The summed E-state index contributed by atoms with van der Waals surface area (Å²) < 4.78 is 12.9. The molecule has 0 radical (unpaired) electrons. The zero-order valence-corrected chi connectivity index (χ0v) is 14.3. The van der Waals surface area contributed by atoms with Crippen LogP contribution >= 0.6 is 0 Å². The first-order chi connectivity index (χ1) is 12.7. The van der Waals surface area contributed by atoms with Gasteiger partial charge in [-0.15, -0.1) is 0 Å². The van der Waals surface area contributed by atoms with Crippen LogP contribution in [0.15, 0.2) is 72.9 Å². The lowest BCUT2D eigenvalue weighted by Crippen LogP contribution is -2.25. The molecule has 3 rings (SSSR count). The van der Waals surface area contributed by atoms with E-state index in [1.165, 1.54) is 17.7 Å². The summed E-state index contributed by atoms with van der Waals surface area (Å²) in [5.41, 5.74) is 2.66. The van der Waals surface area contributed by atoms with Crippen molar-refractivity contribution < 1.29 is 9.18 Å². The number of nitrogens with zero attached hydrogens (tertiary/aromatic N) is 1. The average Bonchev–Trinajstić information content (AvgIpc) is 2.69. The Morgan fingerprint density at radius 1 is 0.923 bits per heavy atom. The summed E-state index contributed by atoms with van der Waals surface area (Å²) in [7, 11) is 0. The molecule has 0 aliphatic carbocycles. The fourth-order valence-electron chi connectivity index (χ4n) is 2.49. The van der Waals surface area contributed by atoms with Crippen LogP contribution in [-0.2, 0) is 13.0 Å². The van der Waals surface area contributed by atoms with E-state index in [4.69, 9.17) is 0 Å². The van der Waals surface area contributed by atoms with Gasteiger partial charge in [0.15, 0.2) is 0 Å². The van der Waals surface area contributed by atoms with E-state index in [2.05, 4.69) is 15.6 Å². The molecule has 0 saturated heterocycles. The minimum atomic E-state index is -0.255. The third-order valence-corrected chi connectivity index (χ3v) is 3.95. The van der Waals surface area contributed by atoms with E-state index in [9.17, 15) is 9.18 Å². The van der Waals surface area contributed by atoms with Gasteiger partial charge in [-0.05, 0) is 41.8 Å². The third-order valence-electron chi connectivity index (χ3n) is 3.95. The summed E-state index contributed by atoms with van der Waals surface area (Å²) in [5.74, 6) is 0.267. The molecule has 0 spiro atoms. The molecule has 0 saturated carbocycles. The van der Waals surface area contributed by atoms with Crippen LogP contribution in [0.5, 0.6) is 0 Å². The molecule has 2 aromatic carbocycles. The Kier molecular flexibility index (Phi) is 5.93. The summed E-state index contributed by atoms with van der Waals surface area (Å²) in [6, 6.07) is 19.8. The smallest absolute Gasteiger partial charge is 0.252 e. The molecule has 3 aromatic rings. The predicted octanol–water partition coefficient (Wildman–Crippen LogP) is 3.81. The molecule has 132 valence electrons. The number of aromatic nitrogens is 1. The van der Waals surface area contributed by atoms with Crippen molar-refractivity contribution in [3.05, 3.63) is 95.4 Å². The topological polar surface area (TPSA) is 54.0 Å². The van der Waals surface area contributed by atoms with E-state index in [0.717, 1.165) is 12.0 Å². The van der Waals surface area contributed by atoms with Crippen molar-refractivity contribution in [2.24, 2.45) is 0 Å². The monoisotopic (exact) mass is 349 g/mol. The Balaban J connectivity index is 1.47. The van der Waals surface area contributed by atoms with Crippen LogP contribution in [0.1, 0.15) is 21.5 Å². The Morgan fingerprint density at radius 2 is 1.69 bits per heavy atom. The molecule has 0 aliphatic rings. The van der Waals surface area contributed by atoms with Gasteiger partial charge in [0.25, 0.3) is 5.91 Å². The van der Waals surface area contributed by atoms with Gasteiger partial charge in [0, 0.05) is 19.3 Å². The number of anilines is 1.